The normalized spacial score (nSPS) is 11.3. The maximum Gasteiger partial charge on any atom is 0.222 e. The van der Waals surface area contributed by atoms with Gasteiger partial charge in [-0.2, -0.15) is 10.2 Å². The number of benzene rings is 2. The summed E-state index contributed by atoms with van der Waals surface area (Å²) in [4.78, 5) is 25.9. The van der Waals surface area contributed by atoms with Crippen molar-refractivity contribution in [3.63, 3.8) is 0 Å². The molecule has 0 bridgehead atoms. The molecule has 0 amide bonds. The average molecular weight is 684 g/mol. The highest BCUT2D eigenvalue weighted by molar-refractivity contribution is 9.10. The van der Waals surface area contributed by atoms with Gasteiger partial charge in [0.05, 0.1) is 27.9 Å². The fourth-order valence-electron chi connectivity index (χ4n) is 5.38. The molecule has 7 heterocycles. The molecule has 10 nitrogen and oxygen atoms in total. The van der Waals surface area contributed by atoms with E-state index in [9.17, 15) is 0 Å². The lowest BCUT2D eigenvalue weighted by molar-refractivity contribution is 0.933. The maximum atomic E-state index is 5.75. The zero-order chi connectivity index (χ0) is 31.0. The molecule has 7 aromatic heterocycles. The van der Waals surface area contributed by atoms with Gasteiger partial charge in [0, 0.05) is 82.6 Å². The lowest BCUT2D eigenvalue weighted by atomic mass is 10.0. The van der Waals surface area contributed by atoms with Gasteiger partial charge in [-0.25, -0.2) is 29.0 Å². The van der Waals surface area contributed by atoms with Crippen LogP contribution in [0.3, 0.4) is 0 Å². The van der Waals surface area contributed by atoms with Gasteiger partial charge in [0.1, 0.15) is 0 Å². The van der Waals surface area contributed by atoms with E-state index in [4.69, 9.17) is 11.6 Å². The molecular formula is C34H20BrClN10. The molecule has 0 aliphatic rings. The molecule has 0 saturated heterocycles. The summed E-state index contributed by atoms with van der Waals surface area (Å²) in [5.41, 5.74) is 9.35. The first-order chi connectivity index (χ1) is 22.6. The first-order valence-electron chi connectivity index (χ1n) is 14.1. The number of pyridine rings is 2. The van der Waals surface area contributed by atoms with Crippen LogP contribution in [0.5, 0.6) is 0 Å². The highest BCUT2D eigenvalue weighted by atomic mass is 79.9. The second kappa shape index (κ2) is 11.7. The molecule has 0 saturated carbocycles. The molecule has 0 aliphatic heterocycles. The maximum absolute atomic E-state index is 5.75. The molecule has 0 unspecified atom stereocenters. The van der Waals surface area contributed by atoms with Crippen LogP contribution in [0.1, 0.15) is 0 Å². The molecule has 9 rings (SSSR count). The van der Waals surface area contributed by atoms with Gasteiger partial charge in [-0.05, 0) is 62.9 Å². The number of hydrogen-bond donors (Lipinski definition) is 0. The van der Waals surface area contributed by atoms with E-state index < -0.39 is 0 Å². The fraction of sp³-hybridized carbons (Fsp3) is 0. The average Bonchev–Trinajstić information content (AvgIpc) is 3.72. The highest BCUT2D eigenvalue weighted by Crippen LogP contribution is 2.31. The zero-order valence-electron chi connectivity index (χ0n) is 23.8. The van der Waals surface area contributed by atoms with Crippen LogP contribution in [-0.4, -0.2) is 49.1 Å². The molecule has 2 aromatic carbocycles. The molecule has 0 spiro atoms. The Morgan fingerprint density at radius 2 is 1.02 bits per heavy atom. The van der Waals surface area contributed by atoms with Crippen LogP contribution in [0.4, 0.5) is 0 Å². The lowest BCUT2D eigenvalue weighted by Crippen LogP contribution is -1.93. The van der Waals surface area contributed by atoms with E-state index in [0.717, 1.165) is 71.0 Å². The predicted molar refractivity (Wildman–Crippen MR) is 181 cm³/mol. The molecule has 0 radical (unpaired) electrons. The molecule has 12 heteroatoms. The van der Waals surface area contributed by atoms with Crippen molar-refractivity contribution in [2.24, 2.45) is 0 Å². The third-order valence-corrected chi connectivity index (χ3v) is 8.12. The Balaban J connectivity index is 0.000000140. The van der Waals surface area contributed by atoms with Gasteiger partial charge in [-0.1, -0.05) is 36.4 Å². The number of rotatable bonds is 3. The van der Waals surface area contributed by atoms with E-state index in [1.54, 1.807) is 40.0 Å². The third kappa shape index (κ3) is 5.11. The van der Waals surface area contributed by atoms with Gasteiger partial charge >= 0.3 is 0 Å². The van der Waals surface area contributed by atoms with Crippen LogP contribution in [-0.2, 0) is 0 Å². The van der Waals surface area contributed by atoms with Gasteiger partial charge < -0.3 is 0 Å². The van der Waals surface area contributed by atoms with Gasteiger partial charge in [0.2, 0.25) is 5.28 Å². The van der Waals surface area contributed by atoms with Crippen LogP contribution in [0.25, 0.3) is 66.5 Å². The third-order valence-electron chi connectivity index (χ3n) is 7.51. The minimum Gasteiger partial charge on any atom is -0.256 e. The Morgan fingerprint density at radius 3 is 1.63 bits per heavy atom. The Morgan fingerprint density at radius 1 is 0.500 bits per heavy atom. The molecular weight excluding hydrogens is 664 g/mol. The standard InChI is InChI=1S/C19H11ClN6.C15H9BrN4/c20-19-23-7-12(8-24-19)13-9-22-18-16(10-25-26(18)11-13)14-5-6-21-17-4-2-1-3-15(14)17;16-10-7-18-15-13(8-19-20(15)9-10)11-5-6-17-14-4-2-1-3-12(11)14/h1-11H;1-9H. The van der Waals surface area contributed by atoms with Crippen molar-refractivity contribution >= 4 is 60.6 Å². The molecule has 0 N–H and O–H groups in total. The van der Waals surface area contributed by atoms with Crippen molar-refractivity contribution in [2.45, 2.75) is 0 Å². The van der Waals surface area contributed by atoms with Gasteiger partial charge in [-0.15, -0.1) is 0 Å². The molecule has 0 atom stereocenters. The van der Waals surface area contributed by atoms with E-state index in [0.29, 0.717) is 0 Å². The Labute approximate surface area is 274 Å². The van der Waals surface area contributed by atoms with E-state index in [1.165, 1.54) is 0 Å². The van der Waals surface area contributed by atoms with Crippen molar-refractivity contribution in [1.82, 2.24) is 49.1 Å². The van der Waals surface area contributed by atoms with Crippen molar-refractivity contribution < 1.29 is 0 Å². The Hall–Kier alpha value is -5.65. The summed E-state index contributed by atoms with van der Waals surface area (Å²) in [7, 11) is 0. The number of para-hydroxylation sites is 2. The number of fused-ring (bicyclic) bond motifs is 4. The Bertz CT molecular complexity index is 2520. The Kier molecular flexibility index (Phi) is 7.08. The second-order valence-corrected chi connectivity index (χ2v) is 11.5. The minimum atomic E-state index is 0.216. The van der Waals surface area contributed by atoms with Crippen LogP contribution >= 0.6 is 27.5 Å². The monoisotopic (exact) mass is 682 g/mol. The van der Waals surface area contributed by atoms with E-state index in [-0.39, 0.29) is 5.28 Å². The zero-order valence-corrected chi connectivity index (χ0v) is 26.1. The van der Waals surface area contributed by atoms with Crippen molar-refractivity contribution in [1.29, 1.82) is 0 Å². The summed E-state index contributed by atoms with van der Waals surface area (Å²) in [6, 6.07) is 20.1. The molecule has 46 heavy (non-hydrogen) atoms. The first kappa shape index (κ1) is 27.9. The number of halogens is 2. The van der Waals surface area contributed by atoms with Crippen LogP contribution in [0.15, 0.2) is 127 Å². The molecule has 220 valence electrons. The van der Waals surface area contributed by atoms with Gasteiger partial charge in [0.15, 0.2) is 11.3 Å². The van der Waals surface area contributed by atoms with E-state index >= 15 is 0 Å². The van der Waals surface area contributed by atoms with Crippen LogP contribution in [0, 0.1) is 0 Å². The van der Waals surface area contributed by atoms with Crippen molar-refractivity contribution in [3.8, 4) is 33.4 Å². The minimum absolute atomic E-state index is 0.216. The topological polar surface area (TPSA) is 112 Å². The second-order valence-electron chi connectivity index (χ2n) is 10.3. The number of hydrogen-bond acceptors (Lipinski definition) is 8. The van der Waals surface area contributed by atoms with Gasteiger partial charge in [-0.3, -0.25) is 9.97 Å². The van der Waals surface area contributed by atoms with E-state index in [2.05, 4.69) is 68.2 Å². The largest absolute Gasteiger partial charge is 0.256 e. The summed E-state index contributed by atoms with van der Waals surface area (Å²) in [5, 5.41) is 11.2. The summed E-state index contributed by atoms with van der Waals surface area (Å²) in [5.74, 6) is 0. The lowest BCUT2D eigenvalue weighted by Gasteiger charge is -2.05. The highest BCUT2D eigenvalue weighted by Gasteiger charge is 2.13. The SMILES string of the molecule is Brc1cnc2c(-c3ccnc4ccccc34)cnn2c1.Clc1ncc(-c2cnc3c(-c4ccnc5ccccc45)cnn3c2)cn1. The number of aromatic nitrogens is 10. The van der Waals surface area contributed by atoms with Crippen LogP contribution in [0.2, 0.25) is 5.28 Å². The summed E-state index contributed by atoms with van der Waals surface area (Å²) in [6.45, 7) is 0. The fourth-order valence-corrected chi connectivity index (χ4v) is 5.77. The summed E-state index contributed by atoms with van der Waals surface area (Å²) < 4.78 is 4.43. The van der Waals surface area contributed by atoms with E-state index in [1.807, 2.05) is 79.5 Å². The first-order valence-corrected chi connectivity index (χ1v) is 15.3. The summed E-state index contributed by atoms with van der Waals surface area (Å²) >= 11 is 9.16. The van der Waals surface area contributed by atoms with Gasteiger partial charge in [0.25, 0.3) is 0 Å². The predicted octanol–water partition coefficient (Wildman–Crippen LogP) is 7.76. The van der Waals surface area contributed by atoms with Crippen molar-refractivity contribution in [3.05, 3.63) is 132 Å². The molecule has 9 aromatic rings. The van der Waals surface area contributed by atoms with Crippen molar-refractivity contribution in [2.75, 3.05) is 0 Å². The molecule has 0 aliphatic carbocycles. The summed E-state index contributed by atoms with van der Waals surface area (Å²) in [6.07, 6.45) is 18.0. The molecule has 0 fully saturated rings. The number of nitrogens with zero attached hydrogens (tertiary/aromatic N) is 10. The van der Waals surface area contributed by atoms with Crippen LogP contribution < -0.4 is 0 Å². The quantitative estimate of drug-likeness (QED) is 0.174. The smallest absolute Gasteiger partial charge is 0.222 e.